The number of rotatable bonds is 4. The topological polar surface area (TPSA) is 35.7 Å². The molecule has 0 aromatic carbocycles. The molecule has 4 nitrogen and oxygen atoms in total. The number of piperidine rings is 1. The van der Waals surface area contributed by atoms with Gasteiger partial charge in [0.05, 0.1) is 0 Å². The van der Waals surface area contributed by atoms with Crippen molar-refractivity contribution < 1.29 is 0 Å². The molecular weight excluding hydrogens is 260 g/mol. The van der Waals surface area contributed by atoms with Gasteiger partial charge in [0, 0.05) is 50.3 Å². The van der Waals surface area contributed by atoms with Crippen LogP contribution >= 0.6 is 0 Å². The van der Waals surface area contributed by atoms with E-state index in [9.17, 15) is 0 Å². The van der Waals surface area contributed by atoms with Crippen LogP contribution in [0.1, 0.15) is 44.9 Å². The van der Waals surface area contributed by atoms with Gasteiger partial charge < -0.3 is 5.73 Å². The first-order valence-corrected chi connectivity index (χ1v) is 9.24. The van der Waals surface area contributed by atoms with E-state index in [-0.39, 0.29) is 0 Å². The summed E-state index contributed by atoms with van der Waals surface area (Å²) in [5.41, 5.74) is 6.57. The first-order chi connectivity index (χ1) is 10.3. The molecule has 4 fully saturated rings. The van der Waals surface area contributed by atoms with Gasteiger partial charge in [-0.15, -0.1) is 0 Å². The molecule has 0 aromatic heterocycles. The van der Waals surface area contributed by atoms with Crippen molar-refractivity contribution in [3.63, 3.8) is 0 Å². The maximum absolute atomic E-state index is 6.27. The molecule has 0 bridgehead atoms. The summed E-state index contributed by atoms with van der Waals surface area (Å²) in [6, 6.07) is 1.71. The van der Waals surface area contributed by atoms with Crippen molar-refractivity contribution in [1.82, 2.24) is 14.7 Å². The maximum Gasteiger partial charge on any atom is 0.0471 e. The molecule has 120 valence electrons. The summed E-state index contributed by atoms with van der Waals surface area (Å²) in [6.07, 6.45) is 9.78. The third kappa shape index (κ3) is 2.76. The monoisotopic (exact) mass is 292 g/mol. The Morgan fingerprint density at radius 1 is 0.857 bits per heavy atom. The van der Waals surface area contributed by atoms with Crippen LogP contribution < -0.4 is 5.73 Å². The van der Waals surface area contributed by atoms with Crippen molar-refractivity contribution in [2.45, 2.75) is 62.6 Å². The Kier molecular flexibility index (Phi) is 3.99. The molecule has 2 unspecified atom stereocenters. The third-order valence-corrected chi connectivity index (χ3v) is 6.55. The summed E-state index contributed by atoms with van der Waals surface area (Å²) in [4.78, 5) is 8.26. The largest absolute Gasteiger partial charge is 0.329 e. The highest BCUT2D eigenvalue weighted by Crippen LogP contribution is 2.37. The zero-order chi connectivity index (χ0) is 14.3. The molecule has 0 aromatic rings. The van der Waals surface area contributed by atoms with E-state index in [1.807, 2.05) is 0 Å². The fourth-order valence-electron chi connectivity index (χ4n) is 4.95. The van der Waals surface area contributed by atoms with Crippen LogP contribution in [0.2, 0.25) is 0 Å². The minimum atomic E-state index is 0.299. The highest BCUT2D eigenvalue weighted by atomic mass is 15.3. The Morgan fingerprint density at radius 2 is 1.67 bits per heavy atom. The van der Waals surface area contributed by atoms with Crippen molar-refractivity contribution in [2.75, 3.05) is 45.8 Å². The number of nitrogens with two attached hydrogens (primary N) is 1. The zero-order valence-corrected chi connectivity index (χ0v) is 13.5. The van der Waals surface area contributed by atoms with E-state index in [4.69, 9.17) is 5.73 Å². The van der Waals surface area contributed by atoms with Gasteiger partial charge in [0.15, 0.2) is 0 Å². The second-order valence-electron chi connectivity index (χ2n) is 7.87. The van der Waals surface area contributed by atoms with Gasteiger partial charge in [-0.2, -0.15) is 0 Å². The quantitative estimate of drug-likeness (QED) is 0.842. The van der Waals surface area contributed by atoms with Crippen LogP contribution in [0.5, 0.6) is 0 Å². The SMILES string of the molecule is NCC1(N2CCC(N3CCCCC3)C2)CCN(C2CC2)C1. The molecule has 3 aliphatic heterocycles. The number of likely N-dealkylation sites (tertiary alicyclic amines) is 3. The van der Waals surface area contributed by atoms with Gasteiger partial charge in [-0.25, -0.2) is 0 Å². The van der Waals surface area contributed by atoms with Gasteiger partial charge in [-0.1, -0.05) is 6.42 Å². The molecule has 3 heterocycles. The average Bonchev–Trinajstić information content (AvgIpc) is 3.11. The van der Waals surface area contributed by atoms with Crippen LogP contribution in [-0.4, -0.2) is 78.1 Å². The molecule has 4 heteroatoms. The minimum absolute atomic E-state index is 0.299. The van der Waals surface area contributed by atoms with E-state index < -0.39 is 0 Å². The number of hydrogen-bond acceptors (Lipinski definition) is 4. The molecule has 1 saturated carbocycles. The van der Waals surface area contributed by atoms with Gasteiger partial charge in [0.25, 0.3) is 0 Å². The zero-order valence-electron chi connectivity index (χ0n) is 13.5. The summed E-state index contributed by atoms with van der Waals surface area (Å²) >= 11 is 0. The number of nitrogens with zero attached hydrogens (tertiary/aromatic N) is 3. The molecule has 2 N–H and O–H groups in total. The predicted molar refractivity (Wildman–Crippen MR) is 86.4 cm³/mol. The number of hydrogen-bond donors (Lipinski definition) is 1. The summed E-state index contributed by atoms with van der Waals surface area (Å²) in [5.74, 6) is 0. The lowest BCUT2D eigenvalue weighted by Crippen LogP contribution is -2.55. The first-order valence-electron chi connectivity index (χ1n) is 9.24. The molecule has 1 aliphatic carbocycles. The highest BCUT2D eigenvalue weighted by molar-refractivity contribution is 5.06. The van der Waals surface area contributed by atoms with Crippen LogP contribution in [0.3, 0.4) is 0 Å². The van der Waals surface area contributed by atoms with Gasteiger partial charge in [0.1, 0.15) is 0 Å². The Labute approximate surface area is 129 Å². The normalized spacial score (nSPS) is 40.1. The maximum atomic E-state index is 6.27. The Bertz CT molecular complexity index is 364. The van der Waals surface area contributed by atoms with E-state index in [1.165, 1.54) is 84.2 Å². The fourth-order valence-corrected chi connectivity index (χ4v) is 4.95. The minimum Gasteiger partial charge on any atom is -0.329 e. The summed E-state index contributed by atoms with van der Waals surface area (Å²) in [6.45, 7) is 8.59. The van der Waals surface area contributed by atoms with Crippen LogP contribution in [0.15, 0.2) is 0 Å². The van der Waals surface area contributed by atoms with E-state index in [1.54, 1.807) is 0 Å². The molecule has 4 rings (SSSR count). The van der Waals surface area contributed by atoms with Crippen molar-refractivity contribution in [1.29, 1.82) is 0 Å². The van der Waals surface area contributed by atoms with Crippen LogP contribution in [0, 0.1) is 0 Å². The molecule has 4 aliphatic rings. The molecular formula is C17H32N4. The van der Waals surface area contributed by atoms with Crippen molar-refractivity contribution in [3.05, 3.63) is 0 Å². The van der Waals surface area contributed by atoms with Gasteiger partial charge in [-0.05, 0) is 51.6 Å². The van der Waals surface area contributed by atoms with Crippen LogP contribution in [0.25, 0.3) is 0 Å². The molecule has 3 saturated heterocycles. The van der Waals surface area contributed by atoms with Gasteiger partial charge in [0.2, 0.25) is 0 Å². The molecule has 0 amide bonds. The second kappa shape index (κ2) is 5.80. The van der Waals surface area contributed by atoms with Gasteiger partial charge >= 0.3 is 0 Å². The van der Waals surface area contributed by atoms with Crippen molar-refractivity contribution in [3.8, 4) is 0 Å². The van der Waals surface area contributed by atoms with E-state index in [0.717, 1.165) is 18.6 Å². The van der Waals surface area contributed by atoms with Crippen LogP contribution in [-0.2, 0) is 0 Å². The Hall–Kier alpha value is -0.160. The lowest BCUT2D eigenvalue weighted by Gasteiger charge is -2.39. The van der Waals surface area contributed by atoms with E-state index >= 15 is 0 Å². The van der Waals surface area contributed by atoms with Crippen LogP contribution in [0.4, 0.5) is 0 Å². The summed E-state index contributed by atoms with van der Waals surface area (Å²) in [5, 5.41) is 0. The highest BCUT2D eigenvalue weighted by Gasteiger charge is 2.48. The summed E-state index contributed by atoms with van der Waals surface area (Å²) in [7, 11) is 0. The van der Waals surface area contributed by atoms with Gasteiger partial charge in [-0.3, -0.25) is 14.7 Å². The van der Waals surface area contributed by atoms with E-state index in [0.29, 0.717) is 5.54 Å². The third-order valence-electron chi connectivity index (χ3n) is 6.55. The average molecular weight is 292 g/mol. The summed E-state index contributed by atoms with van der Waals surface area (Å²) < 4.78 is 0. The van der Waals surface area contributed by atoms with E-state index in [2.05, 4.69) is 14.7 Å². The second-order valence-corrected chi connectivity index (χ2v) is 7.87. The lowest BCUT2D eigenvalue weighted by atomic mass is 9.96. The molecule has 0 radical (unpaired) electrons. The first kappa shape index (κ1) is 14.4. The predicted octanol–water partition coefficient (Wildman–Crippen LogP) is 1.11. The Morgan fingerprint density at radius 3 is 2.38 bits per heavy atom. The lowest BCUT2D eigenvalue weighted by molar-refractivity contribution is 0.103. The van der Waals surface area contributed by atoms with Crippen molar-refractivity contribution in [2.24, 2.45) is 5.73 Å². The molecule has 2 atom stereocenters. The standard InChI is InChI=1S/C17H32N4/c18-13-17(7-11-20(14-17)15-4-5-15)21-10-6-16(12-21)19-8-2-1-3-9-19/h15-16H,1-14,18H2. The molecule has 21 heavy (non-hydrogen) atoms. The smallest absolute Gasteiger partial charge is 0.0471 e. The Balaban J connectivity index is 1.39. The fraction of sp³-hybridized carbons (Fsp3) is 1.00. The van der Waals surface area contributed by atoms with Crippen molar-refractivity contribution >= 4 is 0 Å². The molecule has 0 spiro atoms.